The Hall–Kier alpha value is -2.66. The number of fused-ring (bicyclic) bond motifs is 1. The number of aromatic nitrogens is 2. The molecule has 146 valence electrons. The molecule has 1 aliphatic rings. The highest BCUT2D eigenvalue weighted by Gasteiger charge is 2.27. The topological polar surface area (TPSA) is 57.8 Å². The number of imidazole rings is 1. The molecule has 5 heteroatoms. The van der Waals surface area contributed by atoms with E-state index >= 15 is 0 Å². The summed E-state index contributed by atoms with van der Waals surface area (Å²) in [4.78, 5) is 19.0. The van der Waals surface area contributed by atoms with Crippen LogP contribution in [0.1, 0.15) is 30.5 Å². The van der Waals surface area contributed by atoms with Crippen LogP contribution in [0.2, 0.25) is 0 Å². The largest absolute Gasteiger partial charge is 0.393 e. The van der Waals surface area contributed by atoms with Crippen molar-refractivity contribution < 1.29 is 9.90 Å². The van der Waals surface area contributed by atoms with E-state index in [0.29, 0.717) is 6.42 Å². The molecule has 1 atom stereocenters. The molecular formula is C23H27N3O2. The third-order valence-electron chi connectivity index (χ3n) is 5.83. The van der Waals surface area contributed by atoms with Gasteiger partial charge >= 0.3 is 0 Å². The van der Waals surface area contributed by atoms with E-state index in [4.69, 9.17) is 0 Å². The number of rotatable bonds is 6. The maximum atomic E-state index is 12.7. The minimum atomic E-state index is -0.295. The highest BCUT2D eigenvalue weighted by molar-refractivity contribution is 5.78. The summed E-state index contributed by atoms with van der Waals surface area (Å²) < 4.78 is 1.97. The monoisotopic (exact) mass is 377 g/mol. The Balaban J connectivity index is 1.27. The number of hydrogen-bond donors (Lipinski definition) is 1. The van der Waals surface area contributed by atoms with Crippen LogP contribution in [0.25, 0.3) is 5.65 Å². The predicted molar refractivity (Wildman–Crippen MR) is 109 cm³/mol. The Morgan fingerprint density at radius 3 is 2.64 bits per heavy atom. The fourth-order valence-corrected chi connectivity index (χ4v) is 4.11. The Bertz CT molecular complexity index is 914. The summed E-state index contributed by atoms with van der Waals surface area (Å²) in [5, 5.41) is 10.6. The number of nitrogens with zero attached hydrogens (tertiary/aromatic N) is 3. The van der Waals surface area contributed by atoms with E-state index in [1.54, 1.807) is 6.20 Å². The fourth-order valence-electron chi connectivity index (χ4n) is 4.11. The van der Waals surface area contributed by atoms with Crippen LogP contribution in [-0.2, 0) is 17.6 Å². The van der Waals surface area contributed by atoms with Crippen molar-refractivity contribution in [3.05, 3.63) is 72.2 Å². The molecule has 1 amide bonds. The van der Waals surface area contributed by atoms with Crippen LogP contribution >= 0.6 is 0 Å². The zero-order valence-corrected chi connectivity index (χ0v) is 16.1. The minimum absolute atomic E-state index is 0.142. The third-order valence-corrected chi connectivity index (χ3v) is 5.83. The van der Waals surface area contributed by atoms with Crippen molar-refractivity contribution in [2.75, 3.05) is 13.1 Å². The maximum absolute atomic E-state index is 12.7. The van der Waals surface area contributed by atoms with Crippen molar-refractivity contribution in [1.82, 2.24) is 14.3 Å². The lowest BCUT2D eigenvalue weighted by atomic mass is 9.88. The van der Waals surface area contributed by atoms with Crippen molar-refractivity contribution >= 4 is 11.6 Å². The molecule has 28 heavy (non-hydrogen) atoms. The first-order chi connectivity index (χ1) is 13.7. The quantitative estimate of drug-likeness (QED) is 0.718. The number of carbonyl (C=O) groups excluding carboxylic acids is 1. The van der Waals surface area contributed by atoms with Crippen LogP contribution in [-0.4, -0.2) is 44.5 Å². The maximum Gasteiger partial charge on any atom is 0.228 e. The van der Waals surface area contributed by atoms with E-state index in [2.05, 4.69) is 17.1 Å². The Labute approximate surface area is 165 Å². The zero-order valence-electron chi connectivity index (χ0n) is 16.1. The number of benzene rings is 1. The molecule has 5 nitrogen and oxygen atoms in total. The van der Waals surface area contributed by atoms with Gasteiger partial charge in [-0.3, -0.25) is 4.79 Å². The van der Waals surface area contributed by atoms with Gasteiger partial charge in [-0.15, -0.1) is 0 Å². The molecule has 1 aromatic carbocycles. The van der Waals surface area contributed by atoms with Crippen LogP contribution in [0.5, 0.6) is 0 Å². The molecule has 2 aromatic heterocycles. The van der Waals surface area contributed by atoms with Gasteiger partial charge in [-0.2, -0.15) is 0 Å². The number of pyridine rings is 1. The van der Waals surface area contributed by atoms with Gasteiger partial charge in [0.2, 0.25) is 5.91 Å². The number of aryl methyl sites for hydroxylation is 1. The number of aliphatic hydroxyl groups excluding tert-OH is 1. The molecule has 1 saturated heterocycles. The first-order valence-electron chi connectivity index (χ1n) is 10.1. The average Bonchev–Trinajstić information content (AvgIpc) is 3.16. The van der Waals surface area contributed by atoms with Gasteiger partial charge in [0.15, 0.2) is 0 Å². The lowest BCUT2D eigenvalue weighted by molar-refractivity contribution is -0.132. The van der Waals surface area contributed by atoms with Gasteiger partial charge in [0.25, 0.3) is 0 Å². The Kier molecular flexibility index (Phi) is 5.72. The van der Waals surface area contributed by atoms with Crippen molar-refractivity contribution in [2.45, 2.75) is 38.2 Å². The summed E-state index contributed by atoms with van der Waals surface area (Å²) in [5.74, 6) is 0.423. The molecule has 3 heterocycles. The molecule has 1 unspecified atom stereocenters. The fraction of sp³-hybridized carbons (Fsp3) is 0.391. The van der Waals surface area contributed by atoms with E-state index in [1.165, 1.54) is 5.56 Å². The molecule has 0 radical (unpaired) electrons. The summed E-state index contributed by atoms with van der Waals surface area (Å²) in [6.07, 6.45) is 7.22. The van der Waals surface area contributed by atoms with Gasteiger partial charge in [-0.05, 0) is 49.3 Å². The summed E-state index contributed by atoms with van der Waals surface area (Å²) in [6.45, 7) is 1.45. The van der Waals surface area contributed by atoms with E-state index < -0.39 is 0 Å². The highest BCUT2D eigenvalue weighted by Crippen LogP contribution is 2.24. The number of piperidine rings is 1. The lowest BCUT2D eigenvalue weighted by Gasteiger charge is -2.34. The molecule has 3 aromatic rings. The molecule has 1 N–H and O–H groups in total. The van der Waals surface area contributed by atoms with Gasteiger partial charge in [-0.1, -0.05) is 36.4 Å². The smallest absolute Gasteiger partial charge is 0.228 e. The van der Waals surface area contributed by atoms with Gasteiger partial charge in [0.05, 0.1) is 18.2 Å². The van der Waals surface area contributed by atoms with Crippen molar-refractivity contribution in [2.24, 2.45) is 5.92 Å². The zero-order chi connectivity index (χ0) is 19.3. The van der Waals surface area contributed by atoms with Crippen molar-refractivity contribution in [3.8, 4) is 0 Å². The molecule has 0 saturated carbocycles. The Morgan fingerprint density at radius 1 is 1.11 bits per heavy atom. The molecule has 0 aliphatic carbocycles. The number of carbonyl (C=O) groups is 1. The molecule has 1 aliphatic heterocycles. The molecular weight excluding hydrogens is 350 g/mol. The molecule has 0 bridgehead atoms. The Morgan fingerprint density at radius 2 is 1.86 bits per heavy atom. The van der Waals surface area contributed by atoms with Gasteiger partial charge in [-0.25, -0.2) is 4.98 Å². The van der Waals surface area contributed by atoms with E-state index in [9.17, 15) is 9.90 Å². The van der Waals surface area contributed by atoms with Crippen LogP contribution < -0.4 is 0 Å². The second kappa shape index (κ2) is 8.57. The van der Waals surface area contributed by atoms with Crippen molar-refractivity contribution in [1.29, 1.82) is 0 Å². The number of likely N-dealkylation sites (tertiary alicyclic amines) is 1. The summed E-state index contributed by atoms with van der Waals surface area (Å²) >= 11 is 0. The van der Waals surface area contributed by atoms with E-state index in [1.807, 2.05) is 51.9 Å². The second-order valence-electron chi connectivity index (χ2n) is 7.66. The average molecular weight is 377 g/mol. The van der Waals surface area contributed by atoms with Crippen LogP contribution in [0.15, 0.2) is 60.9 Å². The SMILES string of the molecule is O=C(Cc1cnc2ccccn12)N1CCC(C(O)CCc2ccccc2)CC1. The summed E-state index contributed by atoms with van der Waals surface area (Å²) in [7, 11) is 0. The van der Waals surface area contributed by atoms with Gasteiger partial charge in [0.1, 0.15) is 5.65 Å². The summed E-state index contributed by atoms with van der Waals surface area (Å²) in [5.41, 5.74) is 3.05. The van der Waals surface area contributed by atoms with E-state index in [0.717, 1.165) is 50.1 Å². The first-order valence-corrected chi connectivity index (χ1v) is 10.1. The van der Waals surface area contributed by atoms with Gasteiger partial charge < -0.3 is 14.4 Å². The normalized spacial score (nSPS) is 16.4. The van der Waals surface area contributed by atoms with Gasteiger partial charge in [0, 0.05) is 25.5 Å². The summed E-state index contributed by atoms with van der Waals surface area (Å²) in [6, 6.07) is 16.1. The minimum Gasteiger partial charge on any atom is -0.393 e. The lowest BCUT2D eigenvalue weighted by Crippen LogP contribution is -2.42. The standard InChI is InChI=1S/C23H27N3O2/c27-21(10-9-18-6-2-1-3-7-18)19-11-14-25(15-12-19)23(28)16-20-17-24-22-8-4-5-13-26(20)22/h1-8,13,17,19,21,27H,9-12,14-16H2. The number of aliphatic hydroxyl groups is 1. The van der Waals surface area contributed by atoms with Crippen LogP contribution in [0, 0.1) is 5.92 Å². The number of amides is 1. The van der Waals surface area contributed by atoms with Crippen LogP contribution in [0.4, 0.5) is 0 Å². The highest BCUT2D eigenvalue weighted by atomic mass is 16.3. The molecule has 0 spiro atoms. The predicted octanol–water partition coefficient (Wildman–Crippen LogP) is 3.11. The van der Waals surface area contributed by atoms with Crippen molar-refractivity contribution in [3.63, 3.8) is 0 Å². The number of hydrogen-bond acceptors (Lipinski definition) is 3. The molecule has 1 fully saturated rings. The van der Waals surface area contributed by atoms with Crippen LogP contribution in [0.3, 0.4) is 0 Å². The molecule has 4 rings (SSSR count). The van der Waals surface area contributed by atoms with E-state index in [-0.39, 0.29) is 17.9 Å². The third kappa shape index (κ3) is 4.25. The second-order valence-corrected chi connectivity index (χ2v) is 7.66. The first kappa shape index (κ1) is 18.7.